The van der Waals surface area contributed by atoms with Gasteiger partial charge in [-0.15, -0.1) is 0 Å². The van der Waals surface area contributed by atoms with Crippen molar-refractivity contribution in [3.05, 3.63) is 29.8 Å². The third-order valence-corrected chi connectivity index (χ3v) is 3.19. The van der Waals surface area contributed by atoms with Gasteiger partial charge in [0.15, 0.2) is 0 Å². The van der Waals surface area contributed by atoms with Crippen LogP contribution in [0.2, 0.25) is 0 Å². The molecule has 2 amide bonds. The Labute approximate surface area is 112 Å². The highest BCUT2D eigenvalue weighted by molar-refractivity contribution is 5.95. The molecule has 1 aromatic carbocycles. The fourth-order valence-corrected chi connectivity index (χ4v) is 2.21. The molecule has 1 aliphatic heterocycles. The van der Waals surface area contributed by atoms with Crippen molar-refractivity contribution >= 4 is 17.5 Å². The number of nitrogens with zero attached hydrogens (tertiary/aromatic N) is 1. The third-order valence-electron chi connectivity index (χ3n) is 3.19. The largest absolute Gasteiger partial charge is 0.389 e. The van der Waals surface area contributed by atoms with Gasteiger partial charge in [-0.2, -0.15) is 0 Å². The van der Waals surface area contributed by atoms with Crippen molar-refractivity contribution in [2.45, 2.75) is 25.9 Å². The standard InChI is InChI=1S/C14H18N2O3/c1-10(17)11-5-2-3-6-12(11)15-13(18)9-16-8-4-7-14(16)19/h2-3,5-6,10,17H,4,7-9H2,1H3,(H,15,18). The molecule has 1 aromatic rings. The summed E-state index contributed by atoms with van der Waals surface area (Å²) in [6.45, 7) is 2.37. The normalized spacial score (nSPS) is 16.5. The number of benzene rings is 1. The number of hydrogen-bond acceptors (Lipinski definition) is 3. The minimum absolute atomic E-state index is 0.0268. The van der Waals surface area contributed by atoms with Crippen LogP contribution in [0.5, 0.6) is 0 Å². The van der Waals surface area contributed by atoms with Crippen LogP contribution in [0.3, 0.4) is 0 Å². The molecule has 5 heteroatoms. The predicted molar refractivity (Wildman–Crippen MR) is 71.5 cm³/mol. The van der Waals surface area contributed by atoms with E-state index in [2.05, 4.69) is 5.32 Å². The molecule has 1 heterocycles. The van der Waals surface area contributed by atoms with Gasteiger partial charge in [-0.1, -0.05) is 18.2 Å². The van der Waals surface area contributed by atoms with Crippen molar-refractivity contribution in [1.29, 1.82) is 0 Å². The number of aliphatic hydroxyl groups is 1. The Morgan fingerprint density at radius 3 is 2.84 bits per heavy atom. The predicted octanol–water partition coefficient (Wildman–Crippen LogP) is 1.30. The molecule has 1 saturated heterocycles. The maximum Gasteiger partial charge on any atom is 0.244 e. The third kappa shape index (κ3) is 3.32. The van der Waals surface area contributed by atoms with Crippen LogP contribution in [0.4, 0.5) is 5.69 Å². The highest BCUT2D eigenvalue weighted by atomic mass is 16.3. The minimum atomic E-state index is -0.648. The quantitative estimate of drug-likeness (QED) is 0.859. The van der Waals surface area contributed by atoms with Gasteiger partial charge in [-0.3, -0.25) is 9.59 Å². The van der Waals surface area contributed by atoms with E-state index < -0.39 is 6.10 Å². The maximum atomic E-state index is 11.9. The number of carbonyl (C=O) groups excluding carboxylic acids is 2. The van der Waals surface area contributed by atoms with Crippen molar-refractivity contribution in [3.63, 3.8) is 0 Å². The van der Waals surface area contributed by atoms with Gasteiger partial charge in [0, 0.05) is 24.2 Å². The van der Waals surface area contributed by atoms with Gasteiger partial charge in [0.2, 0.25) is 11.8 Å². The molecule has 102 valence electrons. The molecule has 0 aromatic heterocycles. The smallest absolute Gasteiger partial charge is 0.244 e. The Hall–Kier alpha value is -1.88. The first-order valence-electron chi connectivity index (χ1n) is 6.42. The molecule has 1 fully saturated rings. The van der Waals surface area contributed by atoms with Gasteiger partial charge in [-0.05, 0) is 19.4 Å². The van der Waals surface area contributed by atoms with Gasteiger partial charge in [0.1, 0.15) is 0 Å². The number of aliphatic hydroxyl groups excluding tert-OH is 1. The molecule has 1 aliphatic rings. The Morgan fingerprint density at radius 1 is 1.47 bits per heavy atom. The van der Waals surface area contributed by atoms with Crippen molar-refractivity contribution < 1.29 is 14.7 Å². The highest BCUT2D eigenvalue weighted by Crippen LogP contribution is 2.22. The van der Waals surface area contributed by atoms with E-state index in [1.54, 1.807) is 30.0 Å². The second-order valence-electron chi connectivity index (χ2n) is 4.73. The van der Waals surface area contributed by atoms with E-state index >= 15 is 0 Å². The minimum Gasteiger partial charge on any atom is -0.389 e. The molecule has 2 N–H and O–H groups in total. The summed E-state index contributed by atoms with van der Waals surface area (Å²) in [6, 6.07) is 7.11. The first kappa shape index (κ1) is 13.5. The van der Waals surface area contributed by atoms with Crippen LogP contribution in [0, 0.1) is 0 Å². The summed E-state index contributed by atoms with van der Waals surface area (Å²) in [6.07, 6.45) is 0.693. The van der Waals surface area contributed by atoms with Crippen LogP contribution in [0.25, 0.3) is 0 Å². The number of hydrogen-bond donors (Lipinski definition) is 2. The zero-order valence-corrected chi connectivity index (χ0v) is 10.9. The zero-order valence-electron chi connectivity index (χ0n) is 10.9. The summed E-state index contributed by atoms with van der Waals surface area (Å²) in [5.41, 5.74) is 1.26. The van der Waals surface area contributed by atoms with Crippen molar-refractivity contribution in [2.24, 2.45) is 0 Å². The van der Waals surface area contributed by atoms with Gasteiger partial charge >= 0.3 is 0 Å². The molecule has 2 rings (SSSR count). The molecule has 0 spiro atoms. The molecule has 0 bridgehead atoms. The second kappa shape index (κ2) is 5.84. The summed E-state index contributed by atoms with van der Waals surface area (Å²) in [7, 11) is 0. The first-order chi connectivity index (χ1) is 9.08. The number of nitrogens with one attached hydrogen (secondary N) is 1. The second-order valence-corrected chi connectivity index (χ2v) is 4.73. The van der Waals surface area contributed by atoms with E-state index in [1.165, 1.54) is 0 Å². The lowest BCUT2D eigenvalue weighted by Crippen LogP contribution is -2.34. The van der Waals surface area contributed by atoms with Crippen LogP contribution in [0.1, 0.15) is 31.4 Å². The lowest BCUT2D eigenvalue weighted by atomic mass is 10.1. The first-order valence-corrected chi connectivity index (χ1v) is 6.42. The number of anilines is 1. The van der Waals surface area contributed by atoms with Crippen LogP contribution in [-0.2, 0) is 9.59 Å². The van der Waals surface area contributed by atoms with Crippen LogP contribution >= 0.6 is 0 Å². The summed E-state index contributed by atoms with van der Waals surface area (Å²) in [4.78, 5) is 24.9. The molecule has 1 atom stereocenters. The Morgan fingerprint density at radius 2 is 2.21 bits per heavy atom. The Kier molecular flexibility index (Phi) is 4.16. The van der Waals surface area contributed by atoms with Gasteiger partial charge in [0.25, 0.3) is 0 Å². The van der Waals surface area contributed by atoms with Gasteiger partial charge < -0.3 is 15.3 Å². The topological polar surface area (TPSA) is 69.6 Å². The van der Waals surface area contributed by atoms with Crippen LogP contribution in [-0.4, -0.2) is 34.9 Å². The maximum absolute atomic E-state index is 11.9. The average molecular weight is 262 g/mol. The van der Waals surface area contributed by atoms with E-state index in [0.717, 1.165) is 6.42 Å². The summed E-state index contributed by atoms with van der Waals surface area (Å²) in [5, 5.41) is 12.4. The molecule has 0 saturated carbocycles. The van der Waals surface area contributed by atoms with E-state index in [0.29, 0.717) is 24.2 Å². The molecule has 0 radical (unpaired) electrons. The number of para-hydroxylation sites is 1. The molecule has 1 unspecified atom stereocenters. The number of amides is 2. The molecule has 19 heavy (non-hydrogen) atoms. The number of likely N-dealkylation sites (tertiary alicyclic amines) is 1. The van der Waals surface area contributed by atoms with Crippen molar-refractivity contribution in [2.75, 3.05) is 18.4 Å². The Bertz CT molecular complexity index is 485. The Balaban J connectivity index is 2.01. The zero-order chi connectivity index (χ0) is 13.8. The lowest BCUT2D eigenvalue weighted by Gasteiger charge is -2.17. The SMILES string of the molecule is CC(O)c1ccccc1NC(=O)CN1CCCC1=O. The fraction of sp³-hybridized carbons (Fsp3) is 0.429. The van der Waals surface area contributed by atoms with Crippen LogP contribution in [0.15, 0.2) is 24.3 Å². The average Bonchev–Trinajstić information content (AvgIpc) is 2.75. The highest BCUT2D eigenvalue weighted by Gasteiger charge is 2.22. The number of rotatable bonds is 4. The summed E-state index contributed by atoms with van der Waals surface area (Å²) < 4.78 is 0. The monoisotopic (exact) mass is 262 g/mol. The molecule has 5 nitrogen and oxygen atoms in total. The molecular formula is C14H18N2O3. The van der Waals surface area contributed by atoms with E-state index in [9.17, 15) is 14.7 Å². The lowest BCUT2D eigenvalue weighted by molar-refractivity contribution is -0.131. The fourth-order valence-electron chi connectivity index (χ4n) is 2.21. The molecular weight excluding hydrogens is 244 g/mol. The van der Waals surface area contributed by atoms with Crippen molar-refractivity contribution in [1.82, 2.24) is 4.90 Å². The summed E-state index contributed by atoms with van der Waals surface area (Å²) in [5.74, 6) is -0.206. The van der Waals surface area contributed by atoms with Crippen LogP contribution < -0.4 is 5.32 Å². The van der Waals surface area contributed by atoms with Gasteiger partial charge in [0.05, 0.1) is 12.6 Å². The van der Waals surface area contributed by atoms with E-state index in [4.69, 9.17) is 0 Å². The van der Waals surface area contributed by atoms with E-state index in [-0.39, 0.29) is 18.4 Å². The van der Waals surface area contributed by atoms with Gasteiger partial charge in [-0.25, -0.2) is 0 Å². The number of carbonyl (C=O) groups is 2. The summed E-state index contributed by atoms with van der Waals surface area (Å²) >= 11 is 0. The van der Waals surface area contributed by atoms with E-state index in [1.807, 2.05) is 6.07 Å². The molecule has 0 aliphatic carbocycles. The van der Waals surface area contributed by atoms with Crippen molar-refractivity contribution in [3.8, 4) is 0 Å².